The Kier molecular flexibility index (Phi) is 29.5. The molecule has 132 valence electrons. The SMILES string of the molecule is CCCCCCC[PH](=O)[O-].CCCCCCC[PH](=O)[O-].[Ni+2]. The van der Waals surface area contributed by atoms with Crippen LogP contribution in [0.3, 0.4) is 0 Å². The summed E-state index contributed by atoms with van der Waals surface area (Å²) in [5.74, 6) is 0. The average Bonchev–Trinajstić information content (AvgIpc) is 2.38. The molecular weight excluding hydrogens is 353 g/mol. The Morgan fingerprint density at radius 1 is 0.619 bits per heavy atom. The van der Waals surface area contributed by atoms with Crippen molar-refractivity contribution in [2.45, 2.75) is 78.1 Å². The topological polar surface area (TPSA) is 80.3 Å². The molecular formula is C14H32NiO4P2. The molecule has 2 unspecified atom stereocenters. The maximum absolute atomic E-state index is 10.1. The van der Waals surface area contributed by atoms with Gasteiger partial charge in [0, 0.05) is 16.1 Å². The molecule has 4 nitrogen and oxygen atoms in total. The van der Waals surface area contributed by atoms with Gasteiger partial charge >= 0.3 is 16.5 Å². The summed E-state index contributed by atoms with van der Waals surface area (Å²) in [4.78, 5) is 20.2. The van der Waals surface area contributed by atoms with Crippen molar-refractivity contribution >= 4 is 16.1 Å². The van der Waals surface area contributed by atoms with E-state index < -0.39 is 16.1 Å². The van der Waals surface area contributed by atoms with Crippen LogP contribution in [0.15, 0.2) is 0 Å². The van der Waals surface area contributed by atoms with E-state index in [2.05, 4.69) is 13.8 Å². The Hall–Kier alpha value is 0.874. The molecule has 0 aliphatic carbocycles. The van der Waals surface area contributed by atoms with Gasteiger partial charge in [0.25, 0.3) is 0 Å². The van der Waals surface area contributed by atoms with E-state index in [1.165, 1.54) is 38.5 Å². The number of unbranched alkanes of at least 4 members (excludes halogenated alkanes) is 8. The van der Waals surface area contributed by atoms with Crippen LogP contribution < -0.4 is 9.79 Å². The molecule has 0 aromatic carbocycles. The zero-order valence-electron chi connectivity index (χ0n) is 13.4. The molecule has 21 heavy (non-hydrogen) atoms. The predicted octanol–water partition coefficient (Wildman–Crippen LogP) is 3.58. The van der Waals surface area contributed by atoms with Gasteiger partial charge in [0.15, 0.2) is 0 Å². The maximum Gasteiger partial charge on any atom is 2.00 e. The summed E-state index contributed by atoms with van der Waals surface area (Å²) in [7, 11) is -4.84. The second-order valence-corrected chi connectivity index (χ2v) is 7.56. The smallest absolute Gasteiger partial charge is 0.802 e. The standard InChI is InChI=1S/2C7H17O2P.Ni/c2*1-2-3-4-5-6-7-10(8)9;/h2*10H,2-7H2,1H3,(H,8,9);/q;;+2/p-2. The minimum absolute atomic E-state index is 0. The second-order valence-electron chi connectivity index (χ2n) is 5.07. The van der Waals surface area contributed by atoms with Crippen molar-refractivity contribution in [2.75, 3.05) is 12.3 Å². The van der Waals surface area contributed by atoms with E-state index in [-0.39, 0.29) is 16.5 Å². The molecule has 0 bridgehead atoms. The first-order chi connectivity index (χ1) is 9.54. The molecule has 0 fully saturated rings. The molecule has 0 rings (SSSR count). The van der Waals surface area contributed by atoms with Crippen LogP contribution in [0.5, 0.6) is 0 Å². The second kappa shape index (κ2) is 23.1. The van der Waals surface area contributed by atoms with Crippen molar-refractivity contribution in [3.63, 3.8) is 0 Å². The van der Waals surface area contributed by atoms with E-state index in [0.29, 0.717) is 12.3 Å². The summed E-state index contributed by atoms with van der Waals surface area (Å²) in [5.41, 5.74) is 0. The first-order valence-electron chi connectivity index (χ1n) is 7.94. The number of rotatable bonds is 12. The van der Waals surface area contributed by atoms with E-state index in [0.717, 1.165) is 25.7 Å². The zero-order chi connectivity index (χ0) is 15.6. The summed E-state index contributed by atoms with van der Waals surface area (Å²) in [6.07, 6.45) is 12.0. The van der Waals surface area contributed by atoms with Gasteiger partial charge < -0.3 is 18.9 Å². The van der Waals surface area contributed by atoms with Gasteiger partial charge in [-0.15, -0.1) is 0 Å². The van der Waals surface area contributed by atoms with Gasteiger partial charge in [0.05, 0.1) is 0 Å². The average molecular weight is 385 g/mol. The quantitative estimate of drug-likeness (QED) is 0.292. The zero-order valence-corrected chi connectivity index (χ0v) is 16.4. The molecule has 0 aromatic rings. The van der Waals surface area contributed by atoms with Gasteiger partial charge in [-0.05, 0) is 25.2 Å². The summed E-state index contributed by atoms with van der Waals surface area (Å²) in [6, 6.07) is 0. The Balaban J connectivity index is -0.000000295. The third kappa shape index (κ3) is 33.6. The summed E-state index contributed by atoms with van der Waals surface area (Å²) in [5, 5.41) is 0. The molecule has 2 atom stereocenters. The predicted molar refractivity (Wildman–Crippen MR) is 85.3 cm³/mol. The Bertz CT molecular complexity index is 217. The fourth-order valence-electron chi connectivity index (χ4n) is 1.75. The van der Waals surface area contributed by atoms with E-state index in [4.69, 9.17) is 0 Å². The van der Waals surface area contributed by atoms with Crippen molar-refractivity contribution in [2.24, 2.45) is 0 Å². The fourth-order valence-corrected chi connectivity index (χ4v) is 2.82. The molecule has 0 heterocycles. The maximum atomic E-state index is 10.1. The van der Waals surface area contributed by atoms with Gasteiger partial charge in [0.1, 0.15) is 0 Å². The van der Waals surface area contributed by atoms with Crippen LogP contribution in [0.1, 0.15) is 78.1 Å². The summed E-state index contributed by atoms with van der Waals surface area (Å²) >= 11 is 0. The number of hydrogen-bond acceptors (Lipinski definition) is 4. The molecule has 0 aliphatic heterocycles. The third-order valence-corrected chi connectivity index (χ3v) is 4.49. The van der Waals surface area contributed by atoms with Crippen molar-refractivity contribution in [1.29, 1.82) is 0 Å². The van der Waals surface area contributed by atoms with E-state index >= 15 is 0 Å². The van der Waals surface area contributed by atoms with Crippen LogP contribution in [-0.2, 0) is 25.6 Å². The van der Waals surface area contributed by atoms with Gasteiger partial charge in [0.2, 0.25) is 0 Å². The summed E-state index contributed by atoms with van der Waals surface area (Å²) < 4.78 is 20.2. The van der Waals surface area contributed by atoms with Gasteiger partial charge in [-0.1, -0.05) is 65.2 Å². The molecule has 0 N–H and O–H groups in total. The molecule has 0 aromatic heterocycles. The molecule has 0 saturated carbocycles. The molecule has 0 spiro atoms. The van der Waals surface area contributed by atoms with Crippen LogP contribution in [0.4, 0.5) is 0 Å². The molecule has 0 amide bonds. The Morgan fingerprint density at radius 3 is 1.14 bits per heavy atom. The van der Waals surface area contributed by atoms with Crippen LogP contribution >= 0.6 is 16.1 Å². The fraction of sp³-hybridized carbons (Fsp3) is 1.00. The Morgan fingerprint density at radius 2 is 0.905 bits per heavy atom. The minimum Gasteiger partial charge on any atom is -0.802 e. The minimum atomic E-state index is -2.42. The van der Waals surface area contributed by atoms with Gasteiger partial charge in [-0.3, -0.25) is 0 Å². The van der Waals surface area contributed by atoms with Crippen molar-refractivity contribution in [3.8, 4) is 0 Å². The summed E-state index contributed by atoms with van der Waals surface area (Å²) in [6.45, 7) is 4.30. The van der Waals surface area contributed by atoms with Crippen LogP contribution in [0.2, 0.25) is 0 Å². The third-order valence-electron chi connectivity index (χ3n) is 2.97. The van der Waals surface area contributed by atoms with Crippen molar-refractivity contribution < 1.29 is 35.4 Å². The van der Waals surface area contributed by atoms with Crippen LogP contribution in [0.25, 0.3) is 0 Å². The van der Waals surface area contributed by atoms with Crippen LogP contribution in [0, 0.1) is 0 Å². The van der Waals surface area contributed by atoms with E-state index in [1.807, 2.05) is 0 Å². The monoisotopic (exact) mass is 384 g/mol. The molecule has 0 aliphatic rings. The number of hydrogen-bond donors (Lipinski definition) is 0. The van der Waals surface area contributed by atoms with Crippen LogP contribution in [-0.4, -0.2) is 12.3 Å². The molecule has 7 heteroatoms. The van der Waals surface area contributed by atoms with Crippen molar-refractivity contribution in [1.82, 2.24) is 0 Å². The van der Waals surface area contributed by atoms with Crippen molar-refractivity contribution in [3.05, 3.63) is 0 Å². The van der Waals surface area contributed by atoms with Gasteiger partial charge in [-0.2, -0.15) is 0 Å². The molecule has 0 radical (unpaired) electrons. The molecule has 0 saturated heterocycles. The Labute approximate surface area is 142 Å². The van der Waals surface area contributed by atoms with E-state index in [9.17, 15) is 18.9 Å². The normalized spacial score (nSPS) is 12.8. The first kappa shape index (κ1) is 26.8. The van der Waals surface area contributed by atoms with E-state index in [1.54, 1.807) is 0 Å². The first-order valence-corrected chi connectivity index (χ1v) is 11.0. The largest absolute Gasteiger partial charge is 2.00 e. The van der Waals surface area contributed by atoms with Gasteiger partial charge in [-0.25, -0.2) is 0 Å².